The largest absolute Gasteiger partial charge is 0.392 e. The fourth-order valence-corrected chi connectivity index (χ4v) is 3.11. The van der Waals surface area contributed by atoms with Crippen molar-refractivity contribution in [3.05, 3.63) is 0 Å². The summed E-state index contributed by atoms with van der Waals surface area (Å²) in [6, 6.07) is 0.0320. The summed E-state index contributed by atoms with van der Waals surface area (Å²) < 4.78 is 38.8. The summed E-state index contributed by atoms with van der Waals surface area (Å²) >= 11 is 0. The van der Waals surface area contributed by atoms with Crippen molar-refractivity contribution in [2.75, 3.05) is 13.1 Å². The van der Waals surface area contributed by atoms with Crippen molar-refractivity contribution in [3.8, 4) is 0 Å². The van der Waals surface area contributed by atoms with E-state index in [0.717, 1.165) is 32.4 Å². The van der Waals surface area contributed by atoms with Crippen LogP contribution < -0.4 is 10.6 Å². The van der Waals surface area contributed by atoms with Crippen LogP contribution in [0.4, 0.5) is 13.2 Å². The van der Waals surface area contributed by atoms with Crippen LogP contribution in [0.1, 0.15) is 38.5 Å². The van der Waals surface area contributed by atoms with Crippen molar-refractivity contribution in [1.82, 2.24) is 10.6 Å². The van der Waals surface area contributed by atoms with Gasteiger partial charge < -0.3 is 10.6 Å². The lowest BCUT2D eigenvalue weighted by Crippen LogP contribution is -2.48. The number of amides is 1. The van der Waals surface area contributed by atoms with E-state index in [1.807, 2.05) is 0 Å². The van der Waals surface area contributed by atoms with Gasteiger partial charge in [-0.1, -0.05) is 12.8 Å². The number of halogens is 4. The fraction of sp³-hybridized carbons (Fsp3) is 0.923. The van der Waals surface area contributed by atoms with E-state index in [4.69, 9.17) is 0 Å². The summed E-state index contributed by atoms with van der Waals surface area (Å²) in [5, 5.41) is 5.98. The fourth-order valence-electron chi connectivity index (χ4n) is 3.11. The third-order valence-electron chi connectivity index (χ3n) is 4.21. The first-order valence-electron chi connectivity index (χ1n) is 7.06. The molecule has 1 saturated carbocycles. The zero-order chi connectivity index (χ0) is 13.9. The smallest absolute Gasteiger partial charge is 0.353 e. The van der Waals surface area contributed by atoms with Crippen LogP contribution in [-0.4, -0.2) is 31.2 Å². The molecule has 2 unspecified atom stereocenters. The predicted molar refractivity (Wildman–Crippen MR) is 72.8 cm³/mol. The first kappa shape index (κ1) is 17.6. The van der Waals surface area contributed by atoms with Crippen LogP contribution in [0.2, 0.25) is 0 Å². The molecule has 0 spiro atoms. The highest BCUT2D eigenvalue weighted by Gasteiger charge is 2.48. The normalized spacial score (nSPS) is 28.6. The molecule has 2 fully saturated rings. The van der Waals surface area contributed by atoms with Crippen molar-refractivity contribution in [3.63, 3.8) is 0 Å². The second kappa shape index (κ2) is 7.50. The van der Waals surface area contributed by atoms with Crippen LogP contribution in [0, 0.1) is 11.8 Å². The van der Waals surface area contributed by atoms with Gasteiger partial charge in [0.15, 0.2) is 0 Å². The number of piperidine rings is 1. The van der Waals surface area contributed by atoms with Gasteiger partial charge in [0.25, 0.3) is 0 Å². The molecule has 3 nitrogen and oxygen atoms in total. The van der Waals surface area contributed by atoms with Crippen LogP contribution in [0.3, 0.4) is 0 Å². The minimum absolute atomic E-state index is 0. The first-order chi connectivity index (χ1) is 8.98. The van der Waals surface area contributed by atoms with Gasteiger partial charge in [-0.2, -0.15) is 13.2 Å². The number of alkyl halides is 3. The molecule has 118 valence electrons. The van der Waals surface area contributed by atoms with Crippen LogP contribution in [0.5, 0.6) is 0 Å². The Labute approximate surface area is 123 Å². The summed E-state index contributed by atoms with van der Waals surface area (Å²) in [7, 11) is 0. The van der Waals surface area contributed by atoms with Crippen LogP contribution in [-0.2, 0) is 4.79 Å². The molecule has 20 heavy (non-hydrogen) atoms. The SMILES string of the molecule is Cl.O=C(NC1CCNCC1)C1CCCCC1C(F)(F)F. The Bertz CT molecular complexity index is 319. The monoisotopic (exact) mass is 314 g/mol. The number of carbonyl (C=O) groups excluding carboxylic acids is 1. The molecule has 0 aromatic carbocycles. The third-order valence-corrected chi connectivity index (χ3v) is 4.21. The molecule has 0 bridgehead atoms. The molecule has 1 amide bonds. The van der Waals surface area contributed by atoms with Gasteiger partial charge in [-0.25, -0.2) is 0 Å². The quantitative estimate of drug-likeness (QED) is 0.822. The van der Waals surface area contributed by atoms with Gasteiger partial charge in [0.1, 0.15) is 0 Å². The Morgan fingerprint density at radius 2 is 1.65 bits per heavy atom. The molecule has 1 aliphatic carbocycles. The van der Waals surface area contributed by atoms with E-state index in [2.05, 4.69) is 10.6 Å². The van der Waals surface area contributed by atoms with Gasteiger partial charge in [0.2, 0.25) is 5.91 Å². The Balaban J connectivity index is 0.00000200. The van der Waals surface area contributed by atoms with Crippen molar-refractivity contribution >= 4 is 18.3 Å². The molecule has 2 rings (SSSR count). The molecule has 0 aromatic heterocycles. The number of carbonyl (C=O) groups is 1. The van der Waals surface area contributed by atoms with Gasteiger partial charge in [-0.3, -0.25) is 4.79 Å². The first-order valence-corrected chi connectivity index (χ1v) is 7.06. The zero-order valence-electron chi connectivity index (χ0n) is 11.3. The molecule has 0 aromatic rings. The molecule has 1 heterocycles. The van der Waals surface area contributed by atoms with E-state index >= 15 is 0 Å². The molecule has 2 aliphatic rings. The Kier molecular flexibility index (Phi) is 6.58. The van der Waals surface area contributed by atoms with Gasteiger partial charge >= 0.3 is 6.18 Å². The molecule has 2 N–H and O–H groups in total. The second-order valence-corrected chi connectivity index (χ2v) is 5.57. The Morgan fingerprint density at radius 1 is 1.05 bits per heavy atom. The minimum atomic E-state index is -4.25. The number of nitrogens with one attached hydrogen (secondary N) is 2. The summed E-state index contributed by atoms with van der Waals surface area (Å²) in [6.07, 6.45) is -0.909. The number of rotatable bonds is 2. The molecule has 2 atom stereocenters. The van der Waals surface area contributed by atoms with Gasteiger partial charge in [0, 0.05) is 12.0 Å². The summed E-state index contributed by atoms with van der Waals surface area (Å²) in [5.74, 6) is -2.74. The summed E-state index contributed by atoms with van der Waals surface area (Å²) in [5.41, 5.74) is 0. The standard InChI is InChI=1S/C13H21F3N2O.ClH/c14-13(15,16)11-4-2-1-3-10(11)12(19)18-9-5-7-17-8-6-9;/h9-11,17H,1-8H2,(H,18,19);1H. The molecule has 7 heteroatoms. The molecule has 1 aliphatic heterocycles. The molecular formula is C13H22ClF3N2O. The zero-order valence-corrected chi connectivity index (χ0v) is 12.2. The van der Waals surface area contributed by atoms with Crippen LogP contribution in [0.25, 0.3) is 0 Å². The van der Waals surface area contributed by atoms with Crippen molar-refractivity contribution in [2.24, 2.45) is 11.8 Å². The minimum Gasteiger partial charge on any atom is -0.353 e. The number of hydrogen-bond donors (Lipinski definition) is 2. The van der Waals surface area contributed by atoms with Gasteiger partial charge in [-0.05, 0) is 38.8 Å². The van der Waals surface area contributed by atoms with E-state index in [1.165, 1.54) is 0 Å². The topological polar surface area (TPSA) is 41.1 Å². The highest BCUT2D eigenvalue weighted by molar-refractivity contribution is 5.85. The Hall–Kier alpha value is -0.490. The predicted octanol–water partition coefficient (Wildman–Crippen LogP) is 2.65. The van der Waals surface area contributed by atoms with Crippen molar-refractivity contribution < 1.29 is 18.0 Å². The highest BCUT2D eigenvalue weighted by atomic mass is 35.5. The summed E-state index contributed by atoms with van der Waals surface area (Å²) in [6.45, 7) is 1.64. The van der Waals surface area contributed by atoms with Gasteiger partial charge in [-0.15, -0.1) is 12.4 Å². The maximum Gasteiger partial charge on any atom is 0.392 e. The van der Waals surface area contributed by atoms with E-state index in [9.17, 15) is 18.0 Å². The van der Waals surface area contributed by atoms with Crippen LogP contribution >= 0.6 is 12.4 Å². The number of hydrogen-bond acceptors (Lipinski definition) is 2. The van der Waals surface area contributed by atoms with E-state index in [-0.39, 0.29) is 24.9 Å². The summed E-state index contributed by atoms with van der Waals surface area (Å²) in [4.78, 5) is 12.1. The van der Waals surface area contributed by atoms with Crippen molar-refractivity contribution in [2.45, 2.75) is 50.7 Å². The van der Waals surface area contributed by atoms with Crippen molar-refractivity contribution in [1.29, 1.82) is 0 Å². The van der Waals surface area contributed by atoms with Gasteiger partial charge in [0.05, 0.1) is 5.92 Å². The van der Waals surface area contributed by atoms with E-state index in [0.29, 0.717) is 12.8 Å². The third kappa shape index (κ3) is 4.52. The molecule has 0 radical (unpaired) electrons. The lowest BCUT2D eigenvalue weighted by Gasteiger charge is -2.33. The second-order valence-electron chi connectivity index (χ2n) is 5.57. The molecular weight excluding hydrogens is 293 g/mol. The lowest BCUT2D eigenvalue weighted by molar-refractivity contribution is -0.198. The maximum absolute atomic E-state index is 12.9. The lowest BCUT2D eigenvalue weighted by atomic mass is 9.78. The average Bonchev–Trinajstić information content (AvgIpc) is 2.39. The maximum atomic E-state index is 12.9. The Morgan fingerprint density at radius 3 is 2.25 bits per heavy atom. The molecule has 1 saturated heterocycles. The van der Waals surface area contributed by atoms with E-state index in [1.54, 1.807) is 0 Å². The van der Waals surface area contributed by atoms with E-state index < -0.39 is 23.9 Å². The average molecular weight is 315 g/mol. The van der Waals surface area contributed by atoms with Crippen LogP contribution in [0.15, 0.2) is 0 Å². The highest BCUT2D eigenvalue weighted by Crippen LogP contribution is 2.41.